The summed E-state index contributed by atoms with van der Waals surface area (Å²) in [5.74, 6) is 0.845. The maximum absolute atomic E-state index is 11.4. The Kier molecular flexibility index (Phi) is 3.09. The molecule has 1 heterocycles. The van der Waals surface area contributed by atoms with E-state index >= 15 is 0 Å². The van der Waals surface area contributed by atoms with E-state index in [0.29, 0.717) is 12.3 Å². The van der Waals surface area contributed by atoms with Gasteiger partial charge in [-0.05, 0) is 18.4 Å². The van der Waals surface area contributed by atoms with Gasteiger partial charge in [-0.3, -0.25) is 4.79 Å². The van der Waals surface area contributed by atoms with Gasteiger partial charge in [-0.15, -0.1) is 0 Å². The summed E-state index contributed by atoms with van der Waals surface area (Å²) in [6.07, 6.45) is 5.17. The van der Waals surface area contributed by atoms with Crippen LogP contribution in [0.2, 0.25) is 0 Å². The monoisotopic (exact) mass is 165 g/mol. The molecule has 0 aromatic carbocycles. The molecule has 0 saturated carbocycles. The van der Waals surface area contributed by atoms with Gasteiger partial charge in [0.1, 0.15) is 0 Å². The van der Waals surface area contributed by atoms with Gasteiger partial charge in [-0.1, -0.05) is 13.8 Å². The molecule has 0 aliphatic heterocycles. The molecule has 0 radical (unpaired) electrons. The average Bonchev–Trinajstić information content (AvgIpc) is 2.51. The molecule has 1 aromatic heterocycles. The van der Waals surface area contributed by atoms with E-state index < -0.39 is 0 Å². The minimum absolute atomic E-state index is 0.241. The Labute approximate surface area is 73.0 Å². The normalized spacial score (nSPS) is 10.6. The SMILES string of the molecule is CC(C)CCC(=O)c1cc[nH]c1. The van der Waals surface area contributed by atoms with Gasteiger partial charge in [0, 0.05) is 24.4 Å². The fourth-order valence-corrected chi connectivity index (χ4v) is 1.06. The van der Waals surface area contributed by atoms with Crippen molar-refractivity contribution in [2.75, 3.05) is 0 Å². The van der Waals surface area contributed by atoms with E-state index in [2.05, 4.69) is 18.8 Å². The highest BCUT2D eigenvalue weighted by Gasteiger charge is 2.06. The molecular weight excluding hydrogens is 150 g/mol. The molecule has 0 aliphatic rings. The Morgan fingerprint density at radius 3 is 2.83 bits per heavy atom. The third kappa shape index (κ3) is 2.53. The zero-order valence-corrected chi connectivity index (χ0v) is 7.63. The van der Waals surface area contributed by atoms with Crippen LogP contribution < -0.4 is 0 Å². The second-order valence-corrected chi connectivity index (χ2v) is 3.46. The first-order valence-electron chi connectivity index (χ1n) is 4.36. The highest BCUT2D eigenvalue weighted by Crippen LogP contribution is 2.08. The topological polar surface area (TPSA) is 32.9 Å². The van der Waals surface area contributed by atoms with Crippen molar-refractivity contribution in [2.24, 2.45) is 5.92 Å². The van der Waals surface area contributed by atoms with Gasteiger partial charge in [0.15, 0.2) is 5.78 Å². The molecule has 1 aromatic rings. The molecule has 0 bridgehead atoms. The largest absolute Gasteiger partial charge is 0.367 e. The Morgan fingerprint density at radius 2 is 2.33 bits per heavy atom. The van der Waals surface area contributed by atoms with Crippen LogP contribution in [0.4, 0.5) is 0 Å². The molecule has 1 N–H and O–H groups in total. The molecule has 0 aliphatic carbocycles. The van der Waals surface area contributed by atoms with Gasteiger partial charge in [-0.2, -0.15) is 0 Å². The van der Waals surface area contributed by atoms with E-state index in [1.807, 2.05) is 6.07 Å². The van der Waals surface area contributed by atoms with Crippen LogP contribution in [-0.4, -0.2) is 10.8 Å². The van der Waals surface area contributed by atoms with Crippen molar-refractivity contribution >= 4 is 5.78 Å². The smallest absolute Gasteiger partial charge is 0.164 e. The zero-order valence-electron chi connectivity index (χ0n) is 7.63. The van der Waals surface area contributed by atoms with Crippen molar-refractivity contribution in [3.05, 3.63) is 24.0 Å². The maximum atomic E-state index is 11.4. The van der Waals surface area contributed by atoms with E-state index in [1.54, 1.807) is 12.4 Å². The number of aromatic amines is 1. The number of nitrogens with one attached hydrogen (secondary N) is 1. The number of hydrogen-bond donors (Lipinski definition) is 1. The quantitative estimate of drug-likeness (QED) is 0.683. The van der Waals surface area contributed by atoms with Gasteiger partial charge in [0.25, 0.3) is 0 Å². The maximum Gasteiger partial charge on any atom is 0.164 e. The van der Waals surface area contributed by atoms with E-state index in [4.69, 9.17) is 0 Å². The predicted octanol–water partition coefficient (Wildman–Crippen LogP) is 2.63. The predicted molar refractivity (Wildman–Crippen MR) is 49.2 cm³/mol. The van der Waals surface area contributed by atoms with Crippen molar-refractivity contribution < 1.29 is 4.79 Å². The van der Waals surface area contributed by atoms with Crippen LogP contribution in [0.25, 0.3) is 0 Å². The molecule has 66 valence electrons. The molecule has 2 nitrogen and oxygen atoms in total. The molecule has 0 saturated heterocycles. The van der Waals surface area contributed by atoms with Crippen LogP contribution in [0.15, 0.2) is 18.5 Å². The molecule has 1 rings (SSSR count). The fraction of sp³-hybridized carbons (Fsp3) is 0.500. The summed E-state index contributed by atoms with van der Waals surface area (Å²) in [6, 6.07) is 1.82. The van der Waals surface area contributed by atoms with Crippen LogP contribution in [0, 0.1) is 5.92 Å². The van der Waals surface area contributed by atoms with Gasteiger partial charge in [-0.25, -0.2) is 0 Å². The van der Waals surface area contributed by atoms with Crippen molar-refractivity contribution in [1.82, 2.24) is 4.98 Å². The highest BCUT2D eigenvalue weighted by atomic mass is 16.1. The average molecular weight is 165 g/mol. The Morgan fingerprint density at radius 1 is 1.58 bits per heavy atom. The van der Waals surface area contributed by atoms with Gasteiger partial charge >= 0.3 is 0 Å². The second-order valence-electron chi connectivity index (χ2n) is 3.46. The van der Waals surface area contributed by atoms with Crippen LogP contribution in [-0.2, 0) is 0 Å². The standard InChI is InChI=1S/C10H15NO/c1-8(2)3-4-10(12)9-5-6-11-7-9/h5-8,11H,3-4H2,1-2H3. The summed E-state index contributed by atoms with van der Waals surface area (Å²) in [5, 5.41) is 0. The molecule has 0 fully saturated rings. The van der Waals surface area contributed by atoms with E-state index in [9.17, 15) is 4.79 Å². The van der Waals surface area contributed by atoms with Crippen molar-refractivity contribution in [3.63, 3.8) is 0 Å². The number of H-pyrrole nitrogens is 1. The Balaban J connectivity index is 2.40. The lowest BCUT2D eigenvalue weighted by Crippen LogP contribution is -1.99. The zero-order chi connectivity index (χ0) is 8.97. The summed E-state index contributed by atoms with van der Waals surface area (Å²) >= 11 is 0. The summed E-state index contributed by atoms with van der Waals surface area (Å²) in [4.78, 5) is 14.3. The molecule has 0 amide bonds. The van der Waals surface area contributed by atoms with Crippen LogP contribution in [0.5, 0.6) is 0 Å². The second kappa shape index (κ2) is 4.10. The van der Waals surface area contributed by atoms with Gasteiger partial charge in [0.2, 0.25) is 0 Å². The minimum Gasteiger partial charge on any atom is -0.367 e. The molecule has 12 heavy (non-hydrogen) atoms. The van der Waals surface area contributed by atoms with Crippen molar-refractivity contribution in [3.8, 4) is 0 Å². The summed E-state index contributed by atoms with van der Waals surface area (Å²) in [6.45, 7) is 4.26. The Hall–Kier alpha value is -1.05. The van der Waals surface area contributed by atoms with Crippen LogP contribution >= 0.6 is 0 Å². The summed E-state index contributed by atoms with van der Waals surface area (Å²) < 4.78 is 0. The Bertz CT molecular complexity index is 236. The third-order valence-electron chi connectivity index (χ3n) is 1.87. The first kappa shape index (κ1) is 9.04. The van der Waals surface area contributed by atoms with E-state index in [-0.39, 0.29) is 5.78 Å². The number of ketones is 1. The van der Waals surface area contributed by atoms with Crippen molar-refractivity contribution in [2.45, 2.75) is 26.7 Å². The van der Waals surface area contributed by atoms with Gasteiger partial charge < -0.3 is 4.98 Å². The fourth-order valence-electron chi connectivity index (χ4n) is 1.06. The third-order valence-corrected chi connectivity index (χ3v) is 1.87. The lowest BCUT2D eigenvalue weighted by Gasteiger charge is -2.01. The van der Waals surface area contributed by atoms with E-state index in [0.717, 1.165) is 12.0 Å². The molecule has 0 unspecified atom stereocenters. The van der Waals surface area contributed by atoms with E-state index in [1.165, 1.54) is 0 Å². The molecule has 0 spiro atoms. The minimum atomic E-state index is 0.241. The molecule has 2 heteroatoms. The number of hydrogen-bond acceptors (Lipinski definition) is 1. The van der Waals surface area contributed by atoms with Crippen molar-refractivity contribution in [1.29, 1.82) is 0 Å². The number of carbonyl (C=O) groups is 1. The van der Waals surface area contributed by atoms with Gasteiger partial charge in [0.05, 0.1) is 0 Å². The lowest BCUT2D eigenvalue weighted by molar-refractivity contribution is 0.0975. The van der Waals surface area contributed by atoms with Crippen LogP contribution in [0.1, 0.15) is 37.0 Å². The number of carbonyl (C=O) groups excluding carboxylic acids is 1. The highest BCUT2D eigenvalue weighted by molar-refractivity contribution is 5.95. The molecular formula is C10H15NO. The first-order chi connectivity index (χ1) is 5.70. The number of rotatable bonds is 4. The lowest BCUT2D eigenvalue weighted by atomic mass is 10.0. The number of aromatic nitrogens is 1. The first-order valence-corrected chi connectivity index (χ1v) is 4.36. The molecule has 0 atom stereocenters. The summed E-state index contributed by atoms with van der Waals surface area (Å²) in [5.41, 5.74) is 0.802. The summed E-state index contributed by atoms with van der Waals surface area (Å²) in [7, 11) is 0. The van der Waals surface area contributed by atoms with Crippen LogP contribution in [0.3, 0.4) is 0 Å². The number of Topliss-reactive ketones (excluding diaryl/α,β-unsaturated/α-hetero) is 1.